The molecule has 3 aromatic carbocycles. The van der Waals surface area contributed by atoms with E-state index in [0.29, 0.717) is 26.8 Å². The molecule has 0 radical (unpaired) electrons. The standard InChI is InChI=1S/C29H18BrF4N3O/c1-15(17-5-4-6-20(30)25(17)33)27-24-7-2-3-12-37(24)29(36-27)19-13-16(8-9-21(19)31)38-28-22(32)14-23-18(26(28)34)10-11-35-23/h2-15,35H,1H3. The number of hydrogen-bond donors (Lipinski definition) is 1. The second kappa shape index (κ2) is 9.33. The molecule has 1 N–H and O–H groups in total. The van der Waals surface area contributed by atoms with Crippen molar-refractivity contribution in [2.45, 2.75) is 12.8 Å². The largest absolute Gasteiger partial charge is 0.451 e. The number of rotatable bonds is 5. The van der Waals surface area contributed by atoms with Crippen molar-refractivity contribution < 1.29 is 22.3 Å². The lowest BCUT2D eigenvalue weighted by molar-refractivity contribution is 0.410. The Hall–Kier alpha value is -4.11. The number of fused-ring (bicyclic) bond motifs is 2. The fourth-order valence-corrected chi connectivity index (χ4v) is 5.02. The maximum Gasteiger partial charge on any atom is 0.199 e. The van der Waals surface area contributed by atoms with Gasteiger partial charge in [-0.15, -0.1) is 0 Å². The van der Waals surface area contributed by atoms with Crippen LogP contribution in [0.5, 0.6) is 11.5 Å². The smallest absolute Gasteiger partial charge is 0.199 e. The molecule has 3 aromatic heterocycles. The molecule has 4 nitrogen and oxygen atoms in total. The van der Waals surface area contributed by atoms with E-state index in [0.717, 1.165) is 12.1 Å². The van der Waals surface area contributed by atoms with Crippen LogP contribution in [0.3, 0.4) is 0 Å². The Morgan fingerprint density at radius 1 is 0.921 bits per heavy atom. The Morgan fingerprint density at radius 3 is 2.61 bits per heavy atom. The fraction of sp³-hybridized carbons (Fsp3) is 0.0690. The van der Waals surface area contributed by atoms with Crippen LogP contribution in [0.15, 0.2) is 83.6 Å². The van der Waals surface area contributed by atoms with Gasteiger partial charge in [-0.25, -0.2) is 22.5 Å². The summed E-state index contributed by atoms with van der Waals surface area (Å²) in [5, 5.41) is 0.168. The molecule has 0 aliphatic carbocycles. The molecule has 9 heteroatoms. The molecule has 190 valence electrons. The topological polar surface area (TPSA) is 42.3 Å². The molecule has 6 rings (SSSR count). The molecule has 0 aliphatic heterocycles. The monoisotopic (exact) mass is 579 g/mol. The third-order valence-electron chi connectivity index (χ3n) is 6.54. The van der Waals surface area contributed by atoms with E-state index in [1.165, 1.54) is 24.4 Å². The first-order chi connectivity index (χ1) is 18.3. The normalized spacial score (nSPS) is 12.4. The summed E-state index contributed by atoms with van der Waals surface area (Å²) in [6.07, 6.45) is 3.21. The zero-order valence-electron chi connectivity index (χ0n) is 19.8. The van der Waals surface area contributed by atoms with E-state index in [9.17, 15) is 13.2 Å². The van der Waals surface area contributed by atoms with Crippen LogP contribution in [0, 0.1) is 23.3 Å². The van der Waals surface area contributed by atoms with E-state index in [1.807, 2.05) is 19.1 Å². The first kappa shape index (κ1) is 24.2. The first-order valence-electron chi connectivity index (χ1n) is 11.7. The lowest BCUT2D eigenvalue weighted by Gasteiger charge is -2.12. The van der Waals surface area contributed by atoms with Crippen LogP contribution >= 0.6 is 15.9 Å². The van der Waals surface area contributed by atoms with Crippen LogP contribution in [-0.4, -0.2) is 14.4 Å². The number of imidazole rings is 1. The number of aromatic nitrogens is 3. The quantitative estimate of drug-likeness (QED) is 0.207. The summed E-state index contributed by atoms with van der Waals surface area (Å²) < 4.78 is 67.3. The predicted molar refractivity (Wildman–Crippen MR) is 140 cm³/mol. The van der Waals surface area contributed by atoms with Crippen molar-refractivity contribution in [2.75, 3.05) is 0 Å². The zero-order chi connectivity index (χ0) is 26.6. The Morgan fingerprint density at radius 2 is 1.76 bits per heavy atom. The van der Waals surface area contributed by atoms with E-state index in [2.05, 4.69) is 20.9 Å². The van der Waals surface area contributed by atoms with E-state index in [1.54, 1.807) is 34.9 Å². The molecule has 0 amide bonds. The van der Waals surface area contributed by atoms with Gasteiger partial charge in [0, 0.05) is 29.8 Å². The lowest BCUT2D eigenvalue weighted by atomic mass is 9.96. The highest BCUT2D eigenvalue weighted by Crippen LogP contribution is 2.37. The number of hydrogen-bond acceptors (Lipinski definition) is 2. The molecule has 0 bridgehead atoms. The first-order valence-corrected chi connectivity index (χ1v) is 12.5. The third kappa shape index (κ3) is 3.94. The number of nitrogens with zero attached hydrogens (tertiary/aromatic N) is 2. The molecule has 0 aliphatic rings. The van der Waals surface area contributed by atoms with Crippen LogP contribution in [0.25, 0.3) is 27.8 Å². The number of nitrogens with one attached hydrogen (secondary N) is 1. The van der Waals surface area contributed by atoms with Gasteiger partial charge < -0.3 is 9.72 Å². The maximum atomic E-state index is 15.2. The average Bonchev–Trinajstić information content (AvgIpc) is 3.54. The molecular formula is C29H18BrF4N3O. The van der Waals surface area contributed by atoms with Crippen molar-refractivity contribution in [1.29, 1.82) is 0 Å². The van der Waals surface area contributed by atoms with Gasteiger partial charge in [0.2, 0.25) is 0 Å². The molecule has 6 aromatic rings. The highest BCUT2D eigenvalue weighted by Gasteiger charge is 2.24. The summed E-state index contributed by atoms with van der Waals surface area (Å²) in [5.41, 5.74) is 1.98. The van der Waals surface area contributed by atoms with Crippen molar-refractivity contribution in [3.8, 4) is 22.9 Å². The SMILES string of the molecule is CC(c1cccc(Br)c1F)c1nc(-c2cc(Oc3c(F)cc4[nH]ccc4c3F)ccc2F)n2ccccc12. The van der Waals surface area contributed by atoms with Crippen LogP contribution in [-0.2, 0) is 0 Å². The minimum absolute atomic E-state index is 0.0226. The van der Waals surface area contributed by atoms with Gasteiger partial charge in [0.05, 0.1) is 26.8 Å². The van der Waals surface area contributed by atoms with Gasteiger partial charge in [0.15, 0.2) is 17.4 Å². The van der Waals surface area contributed by atoms with E-state index >= 15 is 4.39 Å². The van der Waals surface area contributed by atoms with Gasteiger partial charge in [0.1, 0.15) is 23.2 Å². The van der Waals surface area contributed by atoms with Crippen molar-refractivity contribution in [1.82, 2.24) is 14.4 Å². The number of pyridine rings is 1. The van der Waals surface area contributed by atoms with Gasteiger partial charge in [0.25, 0.3) is 0 Å². The Labute approximate surface area is 222 Å². The second-order valence-corrected chi connectivity index (χ2v) is 9.68. The Bertz CT molecular complexity index is 1850. The van der Waals surface area contributed by atoms with Gasteiger partial charge in [-0.3, -0.25) is 4.40 Å². The van der Waals surface area contributed by atoms with Gasteiger partial charge in [-0.05, 0) is 64.0 Å². The fourth-order valence-electron chi connectivity index (χ4n) is 4.64. The average molecular weight is 580 g/mol. The molecule has 1 atom stereocenters. The maximum absolute atomic E-state index is 15.2. The van der Waals surface area contributed by atoms with Gasteiger partial charge in [-0.1, -0.05) is 25.1 Å². The molecule has 0 fully saturated rings. The molecule has 0 spiro atoms. The highest BCUT2D eigenvalue weighted by atomic mass is 79.9. The van der Waals surface area contributed by atoms with Crippen LogP contribution in [0.2, 0.25) is 0 Å². The van der Waals surface area contributed by atoms with E-state index < -0.39 is 34.9 Å². The van der Waals surface area contributed by atoms with Crippen LogP contribution < -0.4 is 4.74 Å². The lowest BCUT2D eigenvalue weighted by Crippen LogP contribution is -2.01. The minimum atomic E-state index is -0.901. The molecule has 38 heavy (non-hydrogen) atoms. The van der Waals surface area contributed by atoms with Crippen molar-refractivity contribution in [2.24, 2.45) is 0 Å². The molecule has 1 unspecified atom stereocenters. The third-order valence-corrected chi connectivity index (χ3v) is 7.15. The summed E-state index contributed by atoms with van der Waals surface area (Å²) in [6, 6.07) is 16.8. The molecule has 3 heterocycles. The minimum Gasteiger partial charge on any atom is -0.451 e. The van der Waals surface area contributed by atoms with E-state index in [4.69, 9.17) is 9.72 Å². The predicted octanol–water partition coefficient (Wildman–Crippen LogP) is 8.75. The Balaban J connectivity index is 1.46. The number of aromatic amines is 1. The van der Waals surface area contributed by atoms with Crippen LogP contribution in [0.1, 0.15) is 24.1 Å². The van der Waals surface area contributed by atoms with Crippen molar-refractivity contribution in [3.63, 3.8) is 0 Å². The Kier molecular flexibility index (Phi) is 5.95. The second-order valence-electron chi connectivity index (χ2n) is 8.83. The number of ether oxygens (including phenoxy) is 1. The summed E-state index contributed by atoms with van der Waals surface area (Å²) in [6.45, 7) is 1.82. The molecular weight excluding hydrogens is 562 g/mol. The summed E-state index contributed by atoms with van der Waals surface area (Å²) in [4.78, 5) is 7.47. The summed E-state index contributed by atoms with van der Waals surface area (Å²) in [5.74, 6) is -3.57. The summed E-state index contributed by atoms with van der Waals surface area (Å²) >= 11 is 3.23. The van der Waals surface area contributed by atoms with Crippen molar-refractivity contribution >= 4 is 32.3 Å². The van der Waals surface area contributed by atoms with Crippen LogP contribution in [0.4, 0.5) is 17.6 Å². The molecule has 0 saturated heterocycles. The van der Waals surface area contributed by atoms with E-state index in [-0.39, 0.29) is 22.5 Å². The molecule has 0 saturated carbocycles. The van der Waals surface area contributed by atoms with Gasteiger partial charge >= 0.3 is 0 Å². The number of halogens is 5. The zero-order valence-corrected chi connectivity index (χ0v) is 21.4. The van der Waals surface area contributed by atoms with Crippen molar-refractivity contribution in [3.05, 3.63) is 118 Å². The number of benzene rings is 3. The highest BCUT2D eigenvalue weighted by molar-refractivity contribution is 9.10. The summed E-state index contributed by atoms with van der Waals surface area (Å²) in [7, 11) is 0. The van der Waals surface area contributed by atoms with Gasteiger partial charge in [-0.2, -0.15) is 0 Å². The number of H-pyrrole nitrogens is 1.